The van der Waals surface area contributed by atoms with Crippen molar-refractivity contribution in [2.75, 3.05) is 12.4 Å². The number of carbonyl (C=O) groups is 2. The second-order valence-corrected chi connectivity index (χ2v) is 12.1. The van der Waals surface area contributed by atoms with Crippen molar-refractivity contribution in [1.82, 2.24) is 14.7 Å². The van der Waals surface area contributed by atoms with Gasteiger partial charge >= 0.3 is 5.97 Å². The molecule has 1 amide bonds. The highest BCUT2D eigenvalue weighted by Gasteiger charge is 2.32. The van der Waals surface area contributed by atoms with Crippen molar-refractivity contribution in [3.63, 3.8) is 0 Å². The number of aryl methyl sites for hydroxylation is 1. The summed E-state index contributed by atoms with van der Waals surface area (Å²) >= 11 is 1.10. The summed E-state index contributed by atoms with van der Waals surface area (Å²) < 4.78 is 37.4. The maximum atomic E-state index is 13.3. The fraction of sp³-hybridized carbons (Fsp3) is 0.200. The third-order valence-corrected chi connectivity index (χ3v) is 9.34. The molecule has 208 valence electrons. The van der Waals surface area contributed by atoms with Gasteiger partial charge in [-0.1, -0.05) is 66.4 Å². The highest BCUT2D eigenvalue weighted by Crippen LogP contribution is 2.36. The van der Waals surface area contributed by atoms with Crippen LogP contribution in [0.4, 0.5) is 0 Å². The number of fused-ring (bicyclic) bond motifs is 3. The number of rotatable bonds is 7. The molecule has 1 fully saturated rings. The zero-order chi connectivity index (χ0) is 28.6. The zero-order valence-electron chi connectivity index (χ0n) is 22.2. The lowest BCUT2D eigenvalue weighted by Crippen LogP contribution is -2.29. The molecule has 1 aliphatic heterocycles. The van der Waals surface area contributed by atoms with E-state index in [2.05, 4.69) is 10.5 Å². The molecule has 0 saturated carbocycles. The Kier molecular flexibility index (Phi) is 7.22. The van der Waals surface area contributed by atoms with E-state index < -0.39 is 16.0 Å². The van der Waals surface area contributed by atoms with E-state index >= 15 is 0 Å². The van der Waals surface area contributed by atoms with E-state index in [9.17, 15) is 18.0 Å². The number of amides is 1. The van der Waals surface area contributed by atoms with Crippen molar-refractivity contribution >= 4 is 38.8 Å². The fourth-order valence-electron chi connectivity index (χ4n) is 5.03. The largest absolute Gasteiger partial charge is 0.461 e. The van der Waals surface area contributed by atoms with Gasteiger partial charge in [0, 0.05) is 11.1 Å². The van der Waals surface area contributed by atoms with E-state index in [4.69, 9.17) is 9.84 Å². The Hall–Kier alpha value is -4.22. The summed E-state index contributed by atoms with van der Waals surface area (Å²) in [6.07, 6.45) is 1.42. The van der Waals surface area contributed by atoms with E-state index in [0.717, 1.165) is 46.1 Å². The molecule has 1 aliphatic carbocycles. The van der Waals surface area contributed by atoms with Crippen molar-refractivity contribution in [1.29, 1.82) is 0 Å². The molecular weight excluding hydrogens is 560 g/mol. The smallest absolute Gasteiger partial charge is 0.357 e. The van der Waals surface area contributed by atoms with Crippen molar-refractivity contribution in [2.24, 2.45) is 4.40 Å². The molecule has 0 N–H and O–H groups in total. The Morgan fingerprint density at radius 2 is 1.73 bits per heavy atom. The maximum absolute atomic E-state index is 13.3. The van der Waals surface area contributed by atoms with Crippen LogP contribution in [-0.4, -0.2) is 52.5 Å². The molecule has 0 atom stereocenters. The third-order valence-electron chi connectivity index (χ3n) is 6.99. The van der Waals surface area contributed by atoms with Crippen LogP contribution in [0, 0.1) is 0 Å². The third kappa shape index (κ3) is 5.18. The van der Waals surface area contributed by atoms with Crippen LogP contribution in [0.2, 0.25) is 0 Å². The van der Waals surface area contributed by atoms with Gasteiger partial charge in [0.2, 0.25) is 5.91 Å². The minimum atomic E-state index is -4.12. The predicted molar refractivity (Wildman–Crippen MR) is 156 cm³/mol. The topological polar surface area (TPSA) is 111 Å². The Morgan fingerprint density at radius 1 is 1.00 bits per heavy atom. The van der Waals surface area contributed by atoms with Gasteiger partial charge in [0.1, 0.15) is 0 Å². The molecule has 0 bridgehead atoms. The van der Waals surface area contributed by atoms with Gasteiger partial charge in [0.05, 0.1) is 35.2 Å². The molecule has 1 saturated heterocycles. The number of esters is 1. The van der Waals surface area contributed by atoms with Gasteiger partial charge in [-0.2, -0.15) is 13.5 Å². The van der Waals surface area contributed by atoms with Crippen LogP contribution in [-0.2, 0) is 38.9 Å². The molecule has 6 rings (SSSR count). The Labute approximate surface area is 241 Å². The van der Waals surface area contributed by atoms with Gasteiger partial charge in [-0.05, 0) is 55.2 Å². The average Bonchev–Trinajstić information content (AvgIpc) is 3.54. The standard InChI is InChI=1S/C30H26N4O5S2/c1-2-39-29(36)28-25-17-12-21-10-6-7-11-24(21)27(25)31-34(28)22-13-15-23(16-14-22)41(37,38)32-30-33(26(35)19-40-30)18-20-8-4-3-5-9-20/h3-11,13-16H,2,12,17-19H2,1H3/b32-30+. The number of ether oxygens (including phenoxy) is 1. The van der Waals surface area contributed by atoms with Crippen LogP contribution in [0.5, 0.6) is 0 Å². The Morgan fingerprint density at radius 3 is 2.49 bits per heavy atom. The molecule has 0 radical (unpaired) electrons. The van der Waals surface area contributed by atoms with Crippen molar-refractivity contribution in [3.8, 4) is 16.9 Å². The summed E-state index contributed by atoms with van der Waals surface area (Å²) in [6, 6.07) is 23.4. The van der Waals surface area contributed by atoms with Crippen molar-refractivity contribution < 1.29 is 22.7 Å². The molecule has 41 heavy (non-hydrogen) atoms. The van der Waals surface area contributed by atoms with Crippen molar-refractivity contribution in [3.05, 3.63) is 101 Å². The number of hydrogen-bond donors (Lipinski definition) is 0. The molecular formula is C30H26N4O5S2. The van der Waals surface area contributed by atoms with Gasteiger partial charge in [0.15, 0.2) is 10.9 Å². The Balaban J connectivity index is 1.33. The molecule has 0 spiro atoms. The number of thioether (sulfide) groups is 1. The van der Waals surface area contributed by atoms with Crippen LogP contribution < -0.4 is 0 Å². The number of nitrogens with zero attached hydrogens (tertiary/aromatic N) is 4. The van der Waals surface area contributed by atoms with Gasteiger partial charge in [0.25, 0.3) is 10.0 Å². The second-order valence-electron chi connectivity index (χ2n) is 9.56. The molecule has 1 aromatic heterocycles. The summed E-state index contributed by atoms with van der Waals surface area (Å²) in [5.74, 6) is -0.548. The van der Waals surface area contributed by atoms with Crippen LogP contribution >= 0.6 is 11.8 Å². The maximum Gasteiger partial charge on any atom is 0.357 e. The number of amidine groups is 1. The highest BCUT2D eigenvalue weighted by molar-refractivity contribution is 8.15. The van der Waals surface area contributed by atoms with E-state index in [0.29, 0.717) is 17.8 Å². The summed E-state index contributed by atoms with van der Waals surface area (Å²) in [5, 5.41) is 4.93. The van der Waals surface area contributed by atoms with Crippen LogP contribution in [0.15, 0.2) is 88.2 Å². The first-order chi connectivity index (χ1) is 19.9. The first-order valence-corrected chi connectivity index (χ1v) is 15.6. The summed E-state index contributed by atoms with van der Waals surface area (Å²) in [6.45, 7) is 2.21. The van der Waals surface area contributed by atoms with E-state index in [1.165, 1.54) is 21.7 Å². The quantitative estimate of drug-likeness (QED) is 0.290. The molecule has 3 aromatic carbocycles. The lowest BCUT2D eigenvalue weighted by molar-refractivity contribution is -0.124. The lowest BCUT2D eigenvalue weighted by atomic mass is 9.89. The van der Waals surface area contributed by atoms with Gasteiger partial charge < -0.3 is 4.74 Å². The SMILES string of the molecule is CCOC(=O)c1c2c(nn1-c1ccc(S(=O)(=O)/N=C3/SCC(=O)N3Cc3ccccc3)cc1)-c1ccccc1CC2. The summed E-state index contributed by atoms with van der Waals surface area (Å²) in [5.41, 5.74) is 5.39. The zero-order valence-corrected chi connectivity index (χ0v) is 23.8. The fourth-order valence-corrected chi connectivity index (χ4v) is 7.15. The van der Waals surface area contributed by atoms with E-state index in [1.807, 2.05) is 48.5 Å². The van der Waals surface area contributed by atoms with Crippen LogP contribution in [0.1, 0.15) is 34.1 Å². The number of sulfonamides is 1. The molecule has 9 nitrogen and oxygen atoms in total. The highest BCUT2D eigenvalue weighted by atomic mass is 32.2. The average molecular weight is 587 g/mol. The monoisotopic (exact) mass is 586 g/mol. The van der Waals surface area contributed by atoms with Crippen LogP contribution in [0.25, 0.3) is 16.9 Å². The summed E-state index contributed by atoms with van der Waals surface area (Å²) in [4.78, 5) is 26.9. The molecule has 2 heterocycles. The Bertz CT molecular complexity index is 1780. The van der Waals surface area contributed by atoms with Crippen LogP contribution in [0.3, 0.4) is 0 Å². The molecule has 4 aromatic rings. The summed E-state index contributed by atoms with van der Waals surface area (Å²) in [7, 11) is -4.12. The molecule has 11 heteroatoms. The number of carbonyl (C=O) groups excluding carboxylic acids is 2. The first kappa shape index (κ1) is 27.0. The number of benzene rings is 3. The molecule has 0 unspecified atom stereocenters. The minimum Gasteiger partial charge on any atom is -0.461 e. The minimum absolute atomic E-state index is 0.0340. The lowest BCUT2D eigenvalue weighted by Gasteiger charge is -2.16. The van der Waals surface area contributed by atoms with Gasteiger partial charge in [-0.3, -0.25) is 9.69 Å². The van der Waals surface area contributed by atoms with E-state index in [1.54, 1.807) is 19.1 Å². The predicted octanol–water partition coefficient (Wildman–Crippen LogP) is 4.63. The van der Waals surface area contributed by atoms with Crippen molar-refractivity contribution in [2.45, 2.75) is 31.2 Å². The second kappa shape index (κ2) is 11.0. The number of hydrogen-bond acceptors (Lipinski definition) is 7. The molecule has 2 aliphatic rings. The van der Waals surface area contributed by atoms with Gasteiger partial charge in [-0.15, -0.1) is 4.40 Å². The van der Waals surface area contributed by atoms with Gasteiger partial charge in [-0.25, -0.2) is 9.48 Å². The first-order valence-electron chi connectivity index (χ1n) is 13.2. The number of aromatic nitrogens is 2. The van der Waals surface area contributed by atoms with E-state index in [-0.39, 0.29) is 34.9 Å². The normalized spacial score (nSPS) is 15.6.